The third-order valence-electron chi connectivity index (χ3n) is 4.33. The summed E-state index contributed by atoms with van der Waals surface area (Å²) in [6.45, 7) is 9.45. The molecule has 0 bridgehead atoms. The average molecular weight is 450 g/mol. The maximum absolute atomic E-state index is 10.1. The predicted octanol–water partition coefficient (Wildman–Crippen LogP) is 1.05. The van der Waals surface area contributed by atoms with Gasteiger partial charge in [-0.2, -0.15) is 0 Å². The van der Waals surface area contributed by atoms with E-state index in [1.807, 2.05) is 0 Å². The van der Waals surface area contributed by atoms with Gasteiger partial charge in [-0.25, -0.2) is 0 Å². The maximum Gasteiger partial charge on any atom is 0.191 e. The number of hydrogen-bond acceptors (Lipinski definition) is 7. The highest BCUT2D eigenvalue weighted by atomic mass is 16.5. The lowest BCUT2D eigenvalue weighted by Crippen LogP contribution is -2.45. The topological polar surface area (TPSA) is 125 Å². The fraction of sp³-hybridized carbons (Fsp3) is 0.955. The summed E-state index contributed by atoms with van der Waals surface area (Å²) in [5, 5.41) is 36.3. The summed E-state index contributed by atoms with van der Waals surface area (Å²) in [6.07, 6.45) is 3.92. The van der Waals surface area contributed by atoms with Crippen LogP contribution in [0, 0.1) is 0 Å². The molecule has 0 saturated carbocycles. The highest BCUT2D eigenvalue weighted by Gasteiger charge is 2.10. The van der Waals surface area contributed by atoms with Crippen LogP contribution in [0.5, 0.6) is 0 Å². The van der Waals surface area contributed by atoms with Gasteiger partial charge < -0.3 is 40.2 Å². The van der Waals surface area contributed by atoms with Crippen molar-refractivity contribution in [2.45, 2.75) is 77.6 Å². The maximum atomic E-state index is 10.1. The molecule has 0 aliphatic rings. The highest BCUT2D eigenvalue weighted by Crippen LogP contribution is 1.94. The molecule has 3 atom stereocenters. The van der Waals surface area contributed by atoms with Crippen LogP contribution in [0.1, 0.15) is 59.3 Å². The van der Waals surface area contributed by atoms with Gasteiger partial charge in [0.25, 0.3) is 0 Å². The van der Waals surface area contributed by atoms with Crippen molar-refractivity contribution in [1.82, 2.24) is 10.6 Å². The Bertz CT molecular complexity index is 391. The number of aliphatic hydroxyl groups is 3. The minimum Gasteiger partial charge on any atom is -0.389 e. The molecular weight excluding hydrogens is 402 g/mol. The lowest BCUT2D eigenvalue weighted by atomic mass is 10.3. The number of unbranched alkanes of at least 4 members (excludes halogenated alkanes) is 3. The zero-order valence-corrected chi connectivity index (χ0v) is 19.9. The number of rotatable bonds is 21. The van der Waals surface area contributed by atoms with Gasteiger partial charge in [0, 0.05) is 32.9 Å². The average Bonchev–Trinajstić information content (AvgIpc) is 2.76. The molecular formula is C22H47N3O6. The Morgan fingerprint density at radius 3 is 1.45 bits per heavy atom. The smallest absolute Gasteiger partial charge is 0.191 e. The molecule has 9 heteroatoms. The second-order valence-electron chi connectivity index (χ2n) is 7.70. The van der Waals surface area contributed by atoms with Gasteiger partial charge in [-0.1, -0.05) is 40.0 Å². The van der Waals surface area contributed by atoms with E-state index < -0.39 is 18.3 Å². The molecule has 3 unspecified atom stereocenters. The molecule has 0 saturated heterocycles. The van der Waals surface area contributed by atoms with Gasteiger partial charge in [-0.3, -0.25) is 4.99 Å². The normalized spacial score (nSPS) is 14.1. The van der Waals surface area contributed by atoms with Crippen LogP contribution < -0.4 is 10.6 Å². The monoisotopic (exact) mass is 449 g/mol. The van der Waals surface area contributed by atoms with Crippen molar-refractivity contribution >= 4 is 5.96 Å². The molecule has 186 valence electrons. The Balaban J connectivity index is 4.44. The number of hydrogen-bond donors (Lipinski definition) is 5. The summed E-state index contributed by atoms with van der Waals surface area (Å²) in [5.41, 5.74) is 0. The molecule has 0 heterocycles. The number of aliphatic hydroxyl groups excluding tert-OH is 3. The predicted molar refractivity (Wildman–Crippen MR) is 124 cm³/mol. The van der Waals surface area contributed by atoms with Gasteiger partial charge in [0.05, 0.1) is 44.7 Å². The Morgan fingerprint density at radius 1 is 0.677 bits per heavy atom. The van der Waals surface area contributed by atoms with Crippen molar-refractivity contribution in [3.8, 4) is 0 Å². The molecule has 0 radical (unpaired) electrons. The van der Waals surface area contributed by atoms with Crippen molar-refractivity contribution < 1.29 is 29.5 Å². The molecule has 0 spiro atoms. The van der Waals surface area contributed by atoms with Crippen LogP contribution in [0.2, 0.25) is 0 Å². The van der Waals surface area contributed by atoms with E-state index >= 15 is 0 Å². The molecule has 0 fully saturated rings. The molecule has 0 aromatic carbocycles. The summed E-state index contributed by atoms with van der Waals surface area (Å²) < 4.78 is 16.3. The first-order chi connectivity index (χ1) is 15.0. The molecule has 0 rings (SSSR count). The summed E-state index contributed by atoms with van der Waals surface area (Å²) in [7, 11) is 0. The van der Waals surface area contributed by atoms with Crippen LogP contribution in [0.25, 0.3) is 0 Å². The van der Waals surface area contributed by atoms with Crippen molar-refractivity contribution in [3.05, 3.63) is 0 Å². The van der Waals surface area contributed by atoms with Crippen LogP contribution in [-0.2, 0) is 14.2 Å². The molecule has 9 nitrogen and oxygen atoms in total. The largest absolute Gasteiger partial charge is 0.389 e. The standard InChI is InChI=1S/C22H47N3O6/c1-4-7-10-29-16-19(26)13-23-22(24-14-20(27)17-30-11-8-5-2)25-15-21(28)18-31-12-9-6-3/h19-21,26-28H,4-18H2,1-3H3,(H2,23,24,25). The van der Waals surface area contributed by atoms with E-state index in [0.29, 0.717) is 25.8 Å². The highest BCUT2D eigenvalue weighted by molar-refractivity contribution is 5.79. The molecule has 0 aliphatic carbocycles. The number of aliphatic imine (C=N–C) groups is 1. The Morgan fingerprint density at radius 2 is 1.06 bits per heavy atom. The second-order valence-corrected chi connectivity index (χ2v) is 7.70. The molecule has 5 N–H and O–H groups in total. The van der Waals surface area contributed by atoms with Gasteiger partial charge >= 0.3 is 0 Å². The van der Waals surface area contributed by atoms with Crippen molar-refractivity contribution in [1.29, 1.82) is 0 Å². The zero-order valence-electron chi connectivity index (χ0n) is 19.9. The second kappa shape index (κ2) is 22.2. The van der Waals surface area contributed by atoms with Crippen LogP contribution in [0.4, 0.5) is 0 Å². The molecule has 0 aromatic rings. The fourth-order valence-electron chi connectivity index (χ4n) is 2.37. The minimum atomic E-state index is -0.722. The van der Waals surface area contributed by atoms with E-state index in [9.17, 15) is 15.3 Å². The van der Waals surface area contributed by atoms with E-state index in [4.69, 9.17) is 14.2 Å². The quantitative estimate of drug-likeness (QED) is 0.100. The van der Waals surface area contributed by atoms with E-state index in [0.717, 1.165) is 38.5 Å². The Hall–Kier alpha value is -0.970. The SMILES string of the molecule is CCCCOCC(O)CN=C(NCC(O)COCCCC)NCC(O)COCCCC. The molecule has 0 amide bonds. The van der Waals surface area contributed by atoms with Gasteiger partial charge in [0.1, 0.15) is 0 Å². The van der Waals surface area contributed by atoms with Crippen molar-refractivity contribution in [2.24, 2.45) is 4.99 Å². The first-order valence-electron chi connectivity index (χ1n) is 11.8. The lowest BCUT2D eigenvalue weighted by Gasteiger charge is -2.18. The van der Waals surface area contributed by atoms with E-state index in [-0.39, 0.29) is 39.5 Å². The van der Waals surface area contributed by atoms with Gasteiger partial charge in [0.15, 0.2) is 5.96 Å². The lowest BCUT2D eigenvalue weighted by molar-refractivity contribution is 0.0358. The number of ether oxygens (including phenoxy) is 3. The third-order valence-corrected chi connectivity index (χ3v) is 4.33. The van der Waals surface area contributed by atoms with Crippen LogP contribution in [0.3, 0.4) is 0 Å². The van der Waals surface area contributed by atoms with Crippen LogP contribution >= 0.6 is 0 Å². The van der Waals surface area contributed by atoms with E-state index in [1.165, 1.54) is 0 Å². The van der Waals surface area contributed by atoms with Crippen LogP contribution in [-0.4, -0.2) is 98.9 Å². The van der Waals surface area contributed by atoms with E-state index in [2.05, 4.69) is 36.4 Å². The van der Waals surface area contributed by atoms with Gasteiger partial charge in [-0.15, -0.1) is 0 Å². The number of guanidine groups is 1. The first-order valence-corrected chi connectivity index (χ1v) is 11.8. The summed E-state index contributed by atoms with van der Waals surface area (Å²) in [4.78, 5) is 4.35. The van der Waals surface area contributed by atoms with Gasteiger partial charge in [0.2, 0.25) is 0 Å². The first kappa shape index (κ1) is 30.0. The molecule has 0 aromatic heterocycles. The molecule has 31 heavy (non-hydrogen) atoms. The fourth-order valence-corrected chi connectivity index (χ4v) is 2.37. The Labute approximate surface area is 188 Å². The number of nitrogens with zero attached hydrogens (tertiary/aromatic N) is 1. The van der Waals surface area contributed by atoms with Gasteiger partial charge in [-0.05, 0) is 19.3 Å². The summed E-state index contributed by atoms with van der Waals surface area (Å²) >= 11 is 0. The third kappa shape index (κ3) is 20.7. The van der Waals surface area contributed by atoms with Crippen molar-refractivity contribution in [3.63, 3.8) is 0 Å². The van der Waals surface area contributed by atoms with E-state index in [1.54, 1.807) is 0 Å². The zero-order chi connectivity index (χ0) is 23.2. The summed E-state index contributed by atoms with van der Waals surface area (Å²) in [5.74, 6) is 0.396. The van der Waals surface area contributed by atoms with Crippen LogP contribution in [0.15, 0.2) is 4.99 Å². The van der Waals surface area contributed by atoms with Crippen molar-refractivity contribution in [2.75, 3.05) is 59.3 Å². The number of nitrogens with one attached hydrogen (secondary N) is 2. The summed E-state index contributed by atoms with van der Waals surface area (Å²) in [6, 6.07) is 0. The molecule has 0 aliphatic heterocycles. The Kier molecular flexibility index (Phi) is 21.5. The minimum absolute atomic E-state index is 0.146.